The quantitative estimate of drug-likeness (QED) is 0.669. The molecular weight excluding hydrogens is 359 g/mol. The highest BCUT2D eigenvalue weighted by Crippen LogP contribution is 2.30. The summed E-state index contributed by atoms with van der Waals surface area (Å²) < 4.78 is 46.4. The number of hydrogen-bond donors (Lipinski definition) is 1. The summed E-state index contributed by atoms with van der Waals surface area (Å²) in [6, 6.07) is 13.5. The van der Waals surface area contributed by atoms with Crippen LogP contribution in [0.1, 0.15) is 11.4 Å². The molecule has 1 heterocycles. The topological polar surface area (TPSA) is 51.3 Å². The molecule has 0 amide bonds. The summed E-state index contributed by atoms with van der Waals surface area (Å²) in [5.41, 5.74) is 2.73. The van der Waals surface area contributed by atoms with Crippen LogP contribution in [0, 0.1) is 13.8 Å². The molecule has 0 aliphatic heterocycles. The predicted octanol–water partition coefficient (Wildman–Crippen LogP) is 5.35. The van der Waals surface area contributed by atoms with Crippen molar-refractivity contribution in [2.24, 2.45) is 0 Å². The monoisotopic (exact) mass is 375 g/mol. The molecule has 0 saturated heterocycles. The zero-order valence-electron chi connectivity index (χ0n) is 14.6. The van der Waals surface area contributed by atoms with Crippen molar-refractivity contribution in [3.63, 3.8) is 0 Å². The highest BCUT2D eigenvalue weighted by atomic mass is 19.4. The SMILES string of the molecule is Cc1cc(=O)c(-c2ccc(Oc3cccc(OC(F)(F)F)c3)cc2)c(C)[nH]1. The van der Waals surface area contributed by atoms with Crippen molar-refractivity contribution in [3.8, 4) is 28.4 Å². The van der Waals surface area contributed by atoms with Crippen molar-refractivity contribution in [2.75, 3.05) is 0 Å². The molecule has 0 saturated carbocycles. The number of ether oxygens (including phenoxy) is 2. The summed E-state index contributed by atoms with van der Waals surface area (Å²) in [4.78, 5) is 15.4. The van der Waals surface area contributed by atoms with Gasteiger partial charge in [-0.25, -0.2) is 0 Å². The van der Waals surface area contributed by atoms with Gasteiger partial charge in [-0.2, -0.15) is 0 Å². The molecule has 3 rings (SSSR count). The van der Waals surface area contributed by atoms with Gasteiger partial charge in [0.15, 0.2) is 5.43 Å². The number of aromatic amines is 1. The van der Waals surface area contributed by atoms with Gasteiger partial charge in [0.2, 0.25) is 0 Å². The molecule has 7 heteroatoms. The minimum atomic E-state index is -4.76. The lowest BCUT2D eigenvalue weighted by atomic mass is 10.0. The highest BCUT2D eigenvalue weighted by Gasteiger charge is 2.31. The number of rotatable bonds is 4. The van der Waals surface area contributed by atoms with Gasteiger partial charge in [0.05, 0.1) is 0 Å². The zero-order valence-corrected chi connectivity index (χ0v) is 14.6. The first-order chi connectivity index (χ1) is 12.7. The molecular formula is C20H16F3NO3. The van der Waals surface area contributed by atoms with Crippen LogP contribution < -0.4 is 14.9 Å². The molecule has 1 aromatic heterocycles. The molecule has 1 N–H and O–H groups in total. The van der Waals surface area contributed by atoms with E-state index in [1.54, 1.807) is 24.3 Å². The fraction of sp³-hybridized carbons (Fsp3) is 0.150. The standard InChI is InChI=1S/C20H16F3NO3/c1-12-10-18(25)19(13(2)24-12)14-6-8-15(9-7-14)26-16-4-3-5-17(11-16)27-20(21,22)23/h3-11H,1-2H3,(H,24,25). The second-order valence-electron chi connectivity index (χ2n) is 5.97. The van der Waals surface area contributed by atoms with Gasteiger partial charge >= 0.3 is 6.36 Å². The Morgan fingerprint density at radius 1 is 0.889 bits per heavy atom. The van der Waals surface area contributed by atoms with E-state index < -0.39 is 6.36 Å². The molecule has 0 aliphatic carbocycles. The Morgan fingerprint density at radius 2 is 1.56 bits per heavy atom. The fourth-order valence-corrected chi connectivity index (χ4v) is 2.77. The van der Waals surface area contributed by atoms with Crippen LogP contribution in [0.15, 0.2) is 59.4 Å². The summed E-state index contributed by atoms with van der Waals surface area (Å²) in [5.74, 6) is 0.261. The average molecular weight is 375 g/mol. The maximum absolute atomic E-state index is 12.3. The largest absolute Gasteiger partial charge is 0.573 e. The Bertz CT molecular complexity index is 1010. The summed E-state index contributed by atoms with van der Waals surface area (Å²) in [6.07, 6.45) is -4.76. The van der Waals surface area contributed by atoms with E-state index in [-0.39, 0.29) is 16.9 Å². The van der Waals surface area contributed by atoms with Crippen LogP contribution in [0.2, 0.25) is 0 Å². The van der Waals surface area contributed by atoms with E-state index in [1.165, 1.54) is 24.3 Å². The van der Waals surface area contributed by atoms with Crippen LogP contribution in [0.3, 0.4) is 0 Å². The summed E-state index contributed by atoms with van der Waals surface area (Å²) in [7, 11) is 0. The van der Waals surface area contributed by atoms with Gasteiger partial charge in [-0.1, -0.05) is 18.2 Å². The fourth-order valence-electron chi connectivity index (χ4n) is 2.77. The van der Waals surface area contributed by atoms with Gasteiger partial charge in [0.1, 0.15) is 17.2 Å². The molecule has 0 atom stereocenters. The van der Waals surface area contributed by atoms with Crippen molar-refractivity contribution < 1.29 is 22.6 Å². The Kier molecular flexibility index (Phi) is 4.94. The Morgan fingerprint density at radius 3 is 2.19 bits per heavy atom. The van der Waals surface area contributed by atoms with Gasteiger partial charge in [-0.15, -0.1) is 13.2 Å². The van der Waals surface area contributed by atoms with E-state index in [2.05, 4.69) is 9.72 Å². The second-order valence-corrected chi connectivity index (χ2v) is 5.97. The van der Waals surface area contributed by atoms with E-state index in [9.17, 15) is 18.0 Å². The van der Waals surface area contributed by atoms with E-state index >= 15 is 0 Å². The third-order valence-electron chi connectivity index (χ3n) is 3.77. The third-order valence-corrected chi connectivity index (χ3v) is 3.77. The number of aromatic nitrogens is 1. The van der Waals surface area contributed by atoms with E-state index in [0.717, 1.165) is 23.0 Å². The molecule has 0 radical (unpaired) electrons. The molecule has 4 nitrogen and oxygen atoms in total. The van der Waals surface area contributed by atoms with Crippen molar-refractivity contribution in [1.82, 2.24) is 4.98 Å². The molecule has 2 aromatic carbocycles. The number of nitrogens with one attached hydrogen (secondary N) is 1. The number of pyridine rings is 1. The maximum Gasteiger partial charge on any atom is 0.573 e. The van der Waals surface area contributed by atoms with E-state index in [1.807, 2.05) is 13.8 Å². The summed E-state index contributed by atoms with van der Waals surface area (Å²) >= 11 is 0. The van der Waals surface area contributed by atoms with Crippen molar-refractivity contribution >= 4 is 0 Å². The summed E-state index contributed by atoms with van der Waals surface area (Å²) in [5, 5.41) is 0. The van der Waals surface area contributed by atoms with Gasteiger partial charge in [-0.05, 0) is 43.7 Å². The first-order valence-electron chi connectivity index (χ1n) is 8.06. The lowest BCUT2D eigenvalue weighted by molar-refractivity contribution is -0.274. The third kappa shape index (κ3) is 4.69. The van der Waals surface area contributed by atoms with E-state index in [4.69, 9.17) is 4.74 Å². The molecule has 27 heavy (non-hydrogen) atoms. The Labute approximate surface area is 153 Å². The van der Waals surface area contributed by atoms with Crippen molar-refractivity contribution in [1.29, 1.82) is 0 Å². The first kappa shape index (κ1) is 18.6. The number of halogens is 3. The molecule has 0 spiro atoms. The van der Waals surface area contributed by atoms with Crippen LogP contribution >= 0.6 is 0 Å². The van der Waals surface area contributed by atoms with Crippen molar-refractivity contribution in [3.05, 3.63) is 76.2 Å². The maximum atomic E-state index is 12.3. The number of H-pyrrole nitrogens is 1. The molecule has 0 fully saturated rings. The molecule has 0 bridgehead atoms. The van der Waals surface area contributed by atoms with Crippen molar-refractivity contribution in [2.45, 2.75) is 20.2 Å². The lowest BCUT2D eigenvalue weighted by Gasteiger charge is -2.11. The number of alkyl halides is 3. The predicted molar refractivity (Wildman–Crippen MR) is 95.2 cm³/mol. The number of hydrogen-bond acceptors (Lipinski definition) is 3. The van der Waals surface area contributed by atoms with Crippen LogP contribution in [-0.4, -0.2) is 11.3 Å². The van der Waals surface area contributed by atoms with Crippen LogP contribution in [0.5, 0.6) is 17.2 Å². The summed E-state index contributed by atoms with van der Waals surface area (Å²) in [6.45, 7) is 3.63. The zero-order chi connectivity index (χ0) is 19.6. The number of aryl methyl sites for hydroxylation is 2. The molecule has 0 unspecified atom stereocenters. The number of benzene rings is 2. The van der Waals surface area contributed by atoms with Gasteiger partial charge < -0.3 is 14.5 Å². The smallest absolute Gasteiger partial charge is 0.457 e. The average Bonchev–Trinajstić information content (AvgIpc) is 2.54. The minimum Gasteiger partial charge on any atom is -0.457 e. The molecule has 140 valence electrons. The van der Waals surface area contributed by atoms with E-state index in [0.29, 0.717) is 11.3 Å². The lowest BCUT2D eigenvalue weighted by Crippen LogP contribution is -2.17. The van der Waals surface area contributed by atoms with Gasteiger partial charge in [0, 0.05) is 29.1 Å². The normalized spacial score (nSPS) is 11.3. The Balaban J connectivity index is 1.81. The van der Waals surface area contributed by atoms with Crippen LogP contribution in [0.25, 0.3) is 11.1 Å². The Hall–Kier alpha value is -3.22. The highest BCUT2D eigenvalue weighted by molar-refractivity contribution is 5.66. The molecule has 0 aliphatic rings. The van der Waals surface area contributed by atoms with Crippen LogP contribution in [0.4, 0.5) is 13.2 Å². The second kappa shape index (κ2) is 7.19. The minimum absolute atomic E-state index is 0.0885. The first-order valence-corrected chi connectivity index (χ1v) is 8.06. The molecule has 3 aromatic rings. The van der Waals surface area contributed by atoms with Gasteiger partial charge in [0.25, 0.3) is 0 Å². The van der Waals surface area contributed by atoms with Crippen LogP contribution in [-0.2, 0) is 0 Å². The van der Waals surface area contributed by atoms with Gasteiger partial charge in [-0.3, -0.25) is 4.79 Å².